The fourth-order valence-corrected chi connectivity index (χ4v) is 2.59. The fraction of sp³-hybridized carbons (Fsp3) is 0.533. The van der Waals surface area contributed by atoms with Gasteiger partial charge in [-0.2, -0.15) is 11.8 Å². The molecule has 0 spiro atoms. The zero-order chi connectivity index (χ0) is 12.7. The van der Waals surface area contributed by atoms with Crippen molar-refractivity contribution in [2.75, 3.05) is 11.5 Å². The summed E-state index contributed by atoms with van der Waals surface area (Å²) in [4.78, 5) is 11.9. The van der Waals surface area contributed by atoms with E-state index in [4.69, 9.17) is 0 Å². The highest BCUT2D eigenvalue weighted by Crippen LogP contribution is 2.14. The van der Waals surface area contributed by atoms with E-state index in [1.807, 2.05) is 24.3 Å². The monoisotopic (exact) mass is 250 g/mol. The van der Waals surface area contributed by atoms with Crippen molar-refractivity contribution in [2.24, 2.45) is 5.92 Å². The van der Waals surface area contributed by atoms with Crippen LogP contribution in [0.1, 0.15) is 43.1 Å². The summed E-state index contributed by atoms with van der Waals surface area (Å²) >= 11 is 1.75. The largest absolute Gasteiger partial charge is 0.293 e. The van der Waals surface area contributed by atoms with Crippen LogP contribution in [0, 0.1) is 5.92 Å². The van der Waals surface area contributed by atoms with Gasteiger partial charge in [0.2, 0.25) is 0 Å². The van der Waals surface area contributed by atoms with Crippen LogP contribution in [0.5, 0.6) is 0 Å². The van der Waals surface area contributed by atoms with Crippen LogP contribution in [0.3, 0.4) is 0 Å². The topological polar surface area (TPSA) is 17.1 Å². The molecule has 2 heteroatoms. The van der Waals surface area contributed by atoms with Gasteiger partial charge in [-0.15, -0.1) is 0 Å². The molecule has 1 rings (SSSR count). The molecule has 0 aliphatic rings. The van der Waals surface area contributed by atoms with Gasteiger partial charge in [-0.25, -0.2) is 0 Å². The molecule has 0 radical (unpaired) electrons. The standard InChI is InChI=1S/C15H22OS/c1-4-12(3)10-17-11-15(16)14-8-6-13(5-2)7-9-14/h6-9,12H,4-5,10-11H2,1-3H3. The molecule has 0 saturated carbocycles. The smallest absolute Gasteiger partial charge is 0.172 e. The van der Waals surface area contributed by atoms with Crippen molar-refractivity contribution < 1.29 is 4.79 Å². The predicted octanol–water partition coefficient (Wildman–Crippen LogP) is 4.21. The van der Waals surface area contributed by atoms with Gasteiger partial charge in [0.05, 0.1) is 5.75 Å². The van der Waals surface area contributed by atoms with Crippen molar-refractivity contribution >= 4 is 17.5 Å². The highest BCUT2D eigenvalue weighted by molar-refractivity contribution is 7.99. The van der Waals surface area contributed by atoms with E-state index in [2.05, 4.69) is 20.8 Å². The van der Waals surface area contributed by atoms with Crippen LogP contribution in [0.25, 0.3) is 0 Å². The number of carbonyl (C=O) groups is 1. The van der Waals surface area contributed by atoms with E-state index in [1.165, 1.54) is 12.0 Å². The van der Waals surface area contributed by atoms with Gasteiger partial charge in [0.1, 0.15) is 0 Å². The number of Topliss-reactive ketones (excluding diaryl/α,β-unsaturated/α-hetero) is 1. The quantitative estimate of drug-likeness (QED) is 0.674. The third kappa shape index (κ3) is 4.95. The van der Waals surface area contributed by atoms with Crippen molar-refractivity contribution in [3.05, 3.63) is 35.4 Å². The SMILES string of the molecule is CCc1ccc(C(=O)CSCC(C)CC)cc1. The first kappa shape index (κ1) is 14.3. The molecule has 1 atom stereocenters. The molecule has 0 amide bonds. The van der Waals surface area contributed by atoms with E-state index in [0.717, 1.165) is 17.7 Å². The molecule has 0 aromatic heterocycles. The summed E-state index contributed by atoms with van der Waals surface area (Å²) in [6, 6.07) is 8.00. The van der Waals surface area contributed by atoms with Crippen LogP contribution in [-0.4, -0.2) is 17.3 Å². The Kier molecular flexibility index (Phi) is 6.35. The minimum absolute atomic E-state index is 0.251. The minimum atomic E-state index is 0.251. The van der Waals surface area contributed by atoms with E-state index in [9.17, 15) is 4.79 Å². The van der Waals surface area contributed by atoms with E-state index in [1.54, 1.807) is 11.8 Å². The lowest BCUT2D eigenvalue weighted by atomic mass is 10.1. The molecule has 0 heterocycles. The molecule has 0 saturated heterocycles. The van der Waals surface area contributed by atoms with E-state index in [-0.39, 0.29) is 5.78 Å². The van der Waals surface area contributed by atoms with Crippen LogP contribution in [-0.2, 0) is 6.42 Å². The Balaban J connectivity index is 2.41. The van der Waals surface area contributed by atoms with Crippen molar-refractivity contribution in [2.45, 2.75) is 33.6 Å². The van der Waals surface area contributed by atoms with Crippen molar-refractivity contribution in [1.29, 1.82) is 0 Å². The molecule has 1 aromatic carbocycles. The molecule has 1 unspecified atom stereocenters. The Morgan fingerprint density at radius 3 is 2.41 bits per heavy atom. The number of hydrogen-bond donors (Lipinski definition) is 0. The van der Waals surface area contributed by atoms with Gasteiger partial charge >= 0.3 is 0 Å². The summed E-state index contributed by atoms with van der Waals surface area (Å²) in [5, 5.41) is 0. The maximum atomic E-state index is 11.9. The van der Waals surface area contributed by atoms with Gasteiger partial charge < -0.3 is 0 Å². The third-order valence-electron chi connectivity index (χ3n) is 3.02. The van der Waals surface area contributed by atoms with E-state index < -0.39 is 0 Å². The lowest BCUT2D eigenvalue weighted by molar-refractivity contribution is 0.102. The molecule has 0 fully saturated rings. The normalized spacial score (nSPS) is 12.4. The Morgan fingerprint density at radius 1 is 1.24 bits per heavy atom. The Bertz CT molecular complexity index is 342. The van der Waals surface area contributed by atoms with Gasteiger partial charge in [-0.3, -0.25) is 4.79 Å². The van der Waals surface area contributed by atoms with Gasteiger partial charge in [0, 0.05) is 5.56 Å². The average Bonchev–Trinajstić information content (AvgIpc) is 2.38. The third-order valence-corrected chi connectivity index (χ3v) is 4.29. The molecule has 1 nitrogen and oxygen atoms in total. The summed E-state index contributed by atoms with van der Waals surface area (Å²) in [6.45, 7) is 6.54. The number of aryl methyl sites for hydroxylation is 1. The molecule has 0 bridgehead atoms. The van der Waals surface area contributed by atoms with Crippen molar-refractivity contribution in [3.8, 4) is 0 Å². The van der Waals surface area contributed by atoms with Gasteiger partial charge in [-0.1, -0.05) is 51.5 Å². The predicted molar refractivity (Wildman–Crippen MR) is 76.9 cm³/mol. The summed E-state index contributed by atoms with van der Waals surface area (Å²) < 4.78 is 0. The van der Waals surface area contributed by atoms with Gasteiger partial charge in [-0.05, 0) is 23.7 Å². The second kappa shape index (κ2) is 7.54. The molecule has 17 heavy (non-hydrogen) atoms. The maximum absolute atomic E-state index is 11.9. The molecular weight excluding hydrogens is 228 g/mol. The molecule has 0 aliphatic heterocycles. The number of carbonyl (C=O) groups excluding carboxylic acids is 1. The molecule has 0 N–H and O–H groups in total. The van der Waals surface area contributed by atoms with Crippen molar-refractivity contribution in [3.63, 3.8) is 0 Å². The molecule has 0 aliphatic carbocycles. The van der Waals surface area contributed by atoms with Crippen LogP contribution in [0.15, 0.2) is 24.3 Å². The zero-order valence-electron chi connectivity index (χ0n) is 11.0. The van der Waals surface area contributed by atoms with Gasteiger partial charge in [0.25, 0.3) is 0 Å². The molecule has 1 aromatic rings. The van der Waals surface area contributed by atoms with Crippen LogP contribution >= 0.6 is 11.8 Å². The summed E-state index contributed by atoms with van der Waals surface area (Å²) in [5.41, 5.74) is 2.13. The zero-order valence-corrected chi connectivity index (χ0v) is 11.8. The first-order valence-corrected chi connectivity index (χ1v) is 7.52. The summed E-state index contributed by atoms with van der Waals surface area (Å²) in [5.74, 6) is 2.64. The summed E-state index contributed by atoms with van der Waals surface area (Å²) in [7, 11) is 0. The molecular formula is C15H22OS. The van der Waals surface area contributed by atoms with E-state index >= 15 is 0 Å². The minimum Gasteiger partial charge on any atom is -0.293 e. The number of ketones is 1. The lowest BCUT2D eigenvalue weighted by Gasteiger charge is -2.07. The van der Waals surface area contributed by atoms with Crippen LogP contribution in [0.4, 0.5) is 0 Å². The lowest BCUT2D eigenvalue weighted by Crippen LogP contribution is -2.05. The first-order chi connectivity index (χ1) is 8.17. The molecule has 94 valence electrons. The Hall–Kier alpha value is -0.760. The Morgan fingerprint density at radius 2 is 1.88 bits per heavy atom. The number of rotatable bonds is 7. The Labute approximate surface area is 109 Å². The highest BCUT2D eigenvalue weighted by Gasteiger charge is 2.07. The second-order valence-electron chi connectivity index (χ2n) is 4.50. The van der Waals surface area contributed by atoms with E-state index in [0.29, 0.717) is 11.7 Å². The average molecular weight is 250 g/mol. The van der Waals surface area contributed by atoms with Crippen LogP contribution in [0.2, 0.25) is 0 Å². The number of thioether (sulfide) groups is 1. The maximum Gasteiger partial charge on any atom is 0.172 e. The fourth-order valence-electron chi connectivity index (χ4n) is 1.48. The summed E-state index contributed by atoms with van der Waals surface area (Å²) in [6.07, 6.45) is 2.21. The van der Waals surface area contributed by atoms with Gasteiger partial charge in [0.15, 0.2) is 5.78 Å². The van der Waals surface area contributed by atoms with Crippen molar-refractivity contribution in [1.82, 2.24) is 0 Å². The first-order valence-electron chi connectivity index (χ1n) is 6.37. The second-order valence-corrected chi connectivity index (χ2v) is 5.53. The van der Waals surface area contributed by atoms with Crippen LogP contribution < -0.4 is 0 Å². The number of benzene rings is 1. The number of hydrogen-bond acceptors (Lipinski definition) is 2. The highest BCUT2D eigenvalue weighted by atomic mass is 32.2.